The normalized spacial score (nSPS) is 17.1. The predicted molar refractivity (Wildman–Crippen MR) is 87.5 cm³/mol. The van der Waals surface area contributed by atoms with Crippen LogP contribution in [0.5, 0.6) is 0 Å². The smallest absolute Gasteiger partial charge is 0.253 e. The van der Waals surface area contributed by atoms with E-state index in [9.17, 15) is 4.79 Å². The second-order valence-corrected chi connectivity index (χ2v) is 6.43. The summed E-state index contributed by atoms with van der Waals surface area (Å²) in [5.41, 5.74) is 0.784. The van der Waals surface area contributed by atoms with Crippen LogP contribution in [0.25, 0.3) is 0 Å². The van der Waals surface area contributed by atoms with E-state index in [-0.39, 0.29) is 5.91 Å². The van der Waals surface area contributed by atoms with Gasteiger partial charge in [-0.2, -0.15) is 0 Å². The second-order valence-electron chi connectivity index (χ2n) is 6.43. The van der Waals surface area contributed by atoms with Crippen molar-refractivity contribution in [1.82, 2.24) is 9.80 Å². The second kappa shape index (κ2) is 7.60. The van der Waals surface area contributed by atoms with Crippen LogP contribution in [0, 0.1) is 5.92 Å². The summed E-state index contributed by atoms with van der Waals surface area (Å²) in [6, 6.07) is 9.90. The van der Waals surface area contributed by atoms with Gasteiger partial charge in [0.2, 0.25) is 0 Å². The molecule has 0 unspecified atom stereocenters. The third kappa shape index (κ3) is 4.31. The molecule has 116 valence electrons. The van der Waals surface area contributed by atoms with Crippen LogP contribution in [0.1, 0.15) is 43.5 Å². The summed E-state index contributed by atoms with van der Waals surface area (Å²) in [4.78, 5) is 17.1. The molecule has 1 aromatic carbocycles. The zero-order valence-electron chi connectivity index (χ0n) is 13.6. The largest absolute Gasteiger partial charge is 0.338 e. The van der Waals surface area contributed by atoms with Crippen molar-refractivity contribution >= 4 is 5.91 Å². The molecule has 3 heteroatoms. The molecular weight excluding hydrogens is 260 g/mol. The minimum atomic E-state index is 0.135. The highest BCUT2D eigenvalue weighted by Crippen LogP contribution is 2.18. The summed E-state index contributed by atoms with van der Waals surface area (Å²) < 4.78 is 0. The molecule has 1 aliphatic heterocycles. The molecular formula is C18H28N2O. The van der Waals surface area contributed by atoms with Crippen LogP contribution in [0.3, 0.4) is 0 Å². The zero-order valence-corrected chi connectivity index (χ0v) is 13.6. The molecule has 0 saturated carbocycles. The Morgan fingerprint density at radius 3 is 2.38 bits per heavy atom. The van der Waals surface area contributed by atoms with Crippen LogP contribution in [-0.2, 0) is 0 Å². The van der Waals surface area contributed by atoms with E-state index in [1.807, 2.05) is 42.3 Å². The summed E-state index contributed by atoms with van der Waals surface area (Å²) in [5.74, 6) is 0.612. The van der Waals surface area contributed by atoms with Crippen LogP contribution in [0.4, 0.5) is 0 Å². The average molecular weight is 288 g/mol. The minimum Gasteiger partial charge on any atom is -0.338 e. The maximum absolute atomic E-state index is 12.6. The van der Waals surface area contributed by atoms with E-state index in [0.717, 1.165) is 18.5 Å². The Kier molecular flexibility index (Phi) is 5.80. The van der Waals surface area contributed by atoms with E-state index in [4.69, 9.17) is 0 Å². The quantitative estimate of drug-likeness (QED) is 0.802. The Labute approximate surface area is 128 Å². The molecule has 1 fully saturated rings. The van der Waals surface area contributed by atoms with Crippen LogP contribution in [0.2, 0.25) is 0 Å². The number of benzene rings is 1. The number of carbonyl (C=O) groups is 1. The predicted octanol–water partition coefficient (Wildman–Crippen LogP) is 3.27. The molecule has 1 aliphatic rings. The molecule has 2 rings (SSSR count). The fraction of sp³-hybridized carbons (Fsp3) is 0.611. The Morgan fingerprint density at radius 1 is 1.19 bits per heavy atom. The van der Waals surface area contributed by atoms with E-state index < -0.39 is 0 Å². The lowest BCUT2D eigenvalue weighted by Crippen LogP contribution is -2.42. The van der Waals surface area contributed by atoms with Crippen molar-refractivity contribution in [3.8, 4) is 0 Å². The first-order chi connectivity index (χ1) is 10.1. The number of nitrogens with zero attached hydrogens (tertiary/aromatic N) is 2. The van der Waals surface area contributed by atoms with Gasteiger partial charge >= 0.3 is 0 Å². The van der Waals surface area contributed by atoms with Gasteiger partial charge in [0.05, 0.1) is 0 Å². The Morgan fingerprint density at radius 2 is 1.81 bits per heavy atom. The molecule has 0 bridgehead atoms. The lowest BCUT2D eigenvalue weighted by atomic mass is 9.98. The van der Waals surface area contributed by atoms with Crippen molar-refractivity contribution in [1.29, 1.82) is 0 Å². The Balaban J connectivity index is 1.97. The number of rotatable bonds is 6. The summed E-state index contributed by atoms with van der Waals surface area (Å²) in [6.07, 6.45) is 3.71. The van der Waals surface area contributed by atoms with Gasteiger partial charge in [0.25, 0.3) is 5.91 Å². The number of carbonyl (C=O) groups excluding carboxylic acids is 1. The van der Waals surface area contributed by atoms with Crippen molar-refractivity contribution in [2.24, 2.45) is 5.92 Å². The van der Waals surface area contributed by atoms with Gasteiger partial charge < -0.3 is 9.80 Å². The first-order valence-electron chi connectivity index (χ1n) is 8.14. The number of hydrogen-bond acceptors (Lipinski definition) is 2. The highest BCUT2D eigenvalue weighted by Gasteiger charge is 2.24. The molecule has 21 heavy (non-hydrogen) atoms. The van der Waals surface area contributed by atoms with Gasteiger partial charge in [-0.15, -0.1) is 0 Å². The van der Waals surface area contributed by atoms with E-state index in [1.165, 1.54) is 25.9 Å². The molecule has 0 spiro atoms. The number of amides is 1. The maximum Gasteiger partial charge on any atom is 0.253 e. The average Bonchev–Trinajstić information content (AvgIpc) is 3.00. The number of likely N-dealkylation sites (tertiary alicyclic amines) is 1. The van der Waals surface area contributed by atoms with Gasteiger partial charge in [0, 0.05) is 25.2 Å². The van der Waals surface area contributed by atoms with Crippen molar-refractivity contribution < 1.29 is 4.79 Å². The zero-order chi connectivity index (χ0) is 15.2. The van der Waals surface area contributed by atoms with Crippen LogP contribution < -0.4 is 0 Å². The van der Waals surface area contributed by atoms with E-state index in [0.29, 0.717) is 12.0 Å². The van der Waals surface area contributed by atoms with E-state index in [2.05, 4.69) is 18.7 Å². The first kappa shape index (κ1) is 16.0. The van der Waals surface area contributed by atoms with Gasteiger partial charge in [0.1, 0.15) is 0 Å². The minimum absolute atomic E-state index is 0.135. The summed E-state index contributed by atoms with van der Waals surface area (Å²) in [5, 5.41) is 0. The van der Waals surface area contributed by atoms with Gasteiger partial charge in [-0.1, -0.05) is 32.0 Å². The standard InChI is InChI=1S/C18H28N2O/c1-15(2)17(11-14-20-12-7-8-13-20)19(3)18(21)16-9-5-4-6-10-16/h4-6,9-10,15,17H,7-8,11-14H2,1-3H3/t17-/m1/s1. The highest BCUT2D eigenvalue weighted by molar-refractivity contribution is 5.94. The molecule has 0 aliphatic carbocycles. The third-order valence-corrected chi connectivity index (χ3v) is 4.55. The van der Waals surface area contributed by atoms with Gasteiger partial charge in [-0.05, 0) is 50.4 Å². The number of hydrogen-bond donors (Lipinski definition) is 0. The van der Waals surface area contributed by atoms with Crippen LogP contribution >= 0.6 is 0 Å². The molecule has 0 N–H and O–H groups in total. The molecule has 1 amide bonds. The van der Waals surface area contributed by atoms with E-state index in [1.54, 1.807) is 0 Å². The lowest BCUT2D eigenvalue weighted by Gasteiger charge is -2.32. The summed E-state index contributed by atoms with van der Waals surface area (Å²) >= 11 is 0. The third-order valence-electron chi connectivity index (χ3n) is 4.55. The molecule has 1 saturated heterocycles. The summed E-state index contributed by atoms with van der Waals surface area (Å²) in [7, 11) is 1.95. The molecule has 1 heterocycles. The van der Waals surface area contributed by atoms with Crippen molar-refractivity contribution in [2.45, 2.75) is 39.2 Å². The fourth-order valence-corrected chi connectivity index (χ4v) is 3.23. The monoisotopic (exact) mass is 288 g/mol. The first-order valence-corrected chi connectivity index (χ1v) is 8.14. The Bertz CT molecular complexity index is 438. The van der Waals surface area contributed by atoms with Crippen molar-refractivity contribution in [3.63, 3.8) is 0 Å². The topological polar surface area (TPSA) is 23.6 Å². The summed E-state index contributed by atoms with van der Waals surface area (Å²) in [6.45, 7) is 7.98. The molecule has 0 aromatic heterocycles. The van der Waals surface area contributed by atoms with Gasteiger partial charge in [-0.3, -0.25) is 4.79 Å². The van der Waals surface area contributed by atoms with Crippen LogP contribution in [-0.4, -0.2) is 48.4 Å². The highest BCUT2D eigenvalue weighted by atomic mass is 16.2. The van der Waals surface area contributed by atoms with Gasteiger partial charge in [0.15, 0.2) is 0 Å². The molecule has 0 radical (unpaired) electrons. The van der Waals surface area contributed by atoms with Crippen molar-refractivity contribution in [2.75, 3.05) is 26.7 Å². The van der Waals surface area contributed by atoms with Crippen molar-refractivity contribution in [3.05, 3.63) is 35.9 Å². The SMILES string of the molecule is CC(C)[C@@H](CCN1CCCC1)N(C)C(=O)c1ccccc1. The Hall–Kier alpha value is -1.35. The lowest BCUT2D eigenvalue weighted by molar-refractivity contribution is 0.0666. The molecule has 1 atom stereocenters. The maximum atomic E-state index is 12.6. The van der Waals surface area contributed by atoms with E-state index >= 15 is 0 Å². The fourth-order valence-electron chi connectivity index (χ4n) is 3.23. The van der Waals surface area contributed by atoms with Crippen LogP contribution in [0.15, 0.2) is 30.3 Å². The van der Waals surface area contributed by atoms with Gasteiger partial charge in [-0.25, -0.2) is 0 Å². The molecule has 1 aromatic rings. The molecule has 3 nitrogen and oxygen atoms in total.